The summed E-state index contributed by atoms with van der Waals surface area (Å²) in [5.74, 6) is -0.266. The lowest BCUT2D eigenvalue weighted by Crippen LogP contribution is -2.26. The minimum atomic E-state index is -2.88. The van der Waals surface area contributed by atoms with Gasteiger partial charge in [0.25, 0.3) is 5.91 Å². The lowest BCUT2D eigenvalue weighted by molar-refractivity contribution is -0.0498. The Morgan fingerprint density at radius 1 is 1.14 bits per heavy atom. The average molecular weight is 370 g/mol. The molecule has 22 heavy (non-hydrogen) atoms. The molecule has 0 saturated carbocycles. The van der Waals surface area contributed by atoms with Crippen LogP contribution in [0.1, 0.15) is 28.9 Å². The molecule has 0 aliphatic rings. The van der Waals surface area contributed by atoms with Gasteiger partial charge in [-0.25, -0.2) is 0 Å². The number of carbonyl (C=O) groups excluding carboxylic acids is 1. The van der Waals surface area contributed by atoms with Crippen molar-refractivity contribution in [2.45, 2.75) is 19.6 Å². The van der Waals surface area contributed by atoms with Crippen LogP contribution in [0.25, 0.3) is 0 Å². The highest BCUT2D eigenvalue weighted by molar-refractivity contribution is 9.10. The van der Waals surface area contributed by atoms with Gasteiger partial charge in [0.15, 0.2) is 0 Å². The Balaban J connectivity index is 2.04. The highest BCUT2D eigenvalue weighted by atomic mass is 79.9. The molecule has 1 unspecified atom stereocenters. The topological polar surface area (TPSA) is 38.3 Å². The van der Waals surface area contributed by atoms with Crippen LogP contribution in [0.15, 0.2) is 53.0 Å². The Morgan fingerprint density at radius 3 is 2.36 bits per heavy atom. The number of nitrogens with one attached hydrogen (secondary N) is 1. The molecule has 0 bridgehead atoms. The van der Waals surface area contributed by atoms with Crippen molar-refractivity contribution in [1.82, 2.24) is 5.32 Å². The van der Waals surface area contributed by atoms with Gasteiger partial charge < -0.3 is 10.1 Å². The summed E-state index contributed by atoms with van der Waals surface area (Å²) in [7, 11) is 0. The lowest BCUT2D eigenvalue weighted by Gasteiger charge is -2.16. The number of rotatable bonds is 5. The minimum Gasteiger partial charge on any atom is -0.435 e. The fourth-order valence-corrected chi connectivity index (χ4v) is 2.60. The van der Waals surface area contributed by atoms with Crippen LogP contribution >= 0.6 is 15.9 Å². The Labute approximate surface area is 135 Å². The maximum atomic E-state index is 12.2. The number of ether oxygens (including phenoxy) is 1. The average Bonchev–Trinajstić information content (AvgIpc) is 2.47. The van der Waals surface area contributed by atoms with Gasteiger partial charge in [0.05, 0.1) is 6.04 Å². The summed E-state index contributed by atoms with van der Waals surface area (Å²) < 4.78 is 29.3. The van der Waals surface area contributed by atoms with Crippen molar-refractivity contribution in [3.8, 4) is 5.75 Å². The van der Waals surface area contributed by atoms with E-state index in [1.165, 1.54) is 24.3 Å². The predicted molar refractivity (Wildman–Crippen MR) is 83.1 cm³/mol. The fraction of sp³-hybridized carbons (Fsp3) is 0.188. The van der Waals surface area contributed by atoms with Crippen molar-refractivity contribution in [3.63, 3.8) is 0 Å². The molecule has 0 spiro atoms. The predicted octanol–water partition coefficient (Wildman–Crippen LogP) is 4.54. The molecule has 2 rings (SSSR count). The van der Waals surface area contributed by atoms with Crippen LogP contribution in [-0.4, -0.2) is 12.5 Å². The third-order valence-electron chi connectivity index (χ3n) is 3.06. The number of benzene rings is 2. The maximum Gasteiger partial charge on any atom is 0.387 e. The molecule has 6 heteroatoms. The van der Waals surface area contributed by atoms with E-state index in [-0.39, 0.29) is 17.7 Å². The molecule has 0 fully saturated rings. The van der Waals surface area contributed by atoms with Crippen LogP contribution in [-0.2, 0) is 0 Å². The largest absolute Gasteiger partial charge is 0.435 e. The van der Waals surface area contributed by atoms with Crippen LogP contribution in [0.2, 0.25) is 0 Å². The first-order valence-electron chi connectivity index (χ1n) is 6.57. The zero-order valence-corrected chi connectivity index (χ0v) is 13.3. The maximum absolute atomic E-state index is 12.2. The fourth-order valence-electron chi connectivity index (χ4n) is 1.97. The summed E-state index contributed by atoms with van der Waals surface area (Å²) in [6, 6.07) is 13.0. The van der Waals surface area contributed by atoms with Gasteiger partial charge in [0, 0.05) is 10.0 Å². The van der Waals surface area contributed by atoms with Crippen molar-refractivity contribution in [3.05, 3.63) is 64.1 Å². The van der Waals surface area contributed by atoms with Gasteiger partial charge in [0.2, 0.25) is 0 Å². The van der Waals surface area contributed by atoms with Crippen LogP contribution in [0.3, 0.4) is 0 Å². The molecule has 0 saturated heterocycles. The third kappa shape index (κ3) is 4.27. The summed E-state index contributed by atoms with van der Waals surface area (Å²) in [5, 5.41) is 2.86. The molecule has 0 heterocycles. The van der Waals surface area contributed by atoms with E-state index in [4.69, 9.17) is 0 Å². The minimum absolute atomic E-state index is 0.0189. The number of halogens is 3. The van der Waals surface area contributed by atoms with Gasteiger partial charge in [-0.3, -0.25) is 4.79 Å². The smallest absolute Gasteiger partial charge is 0.387 e. The SMILES string of the molecule is CC(NC(=O)c1ccc(OC(F)F)cc1)c1ccccc1Br. The van der Waals surface area contributed by atoms with Gasteiger partial charge in [-0.2, -0.15) is 8.78 Å². The number of alkyl halides is 2. The monoisotopic (exact) mass is 369 g/mol. The number of carbonyl (C=O) groups is 1. The quantitative estimate of drug-likeness (QED) is 0.839. The Morgan fingerprint density at radius 2 is 1.77 bits per heavy atom. The van der Waals surface area contributed by atoms with Crippen molar-refractivity contribution in [2.75, 3.05) is 0 Å². The molecule has 0 aliphatic heterocycles. The van der Waals surface area contributed by atoms with E-state index in [1.807, 2.05) is 31.2 Å². The number of amides is 1. The molecular weight excluding hydrogens is 356 g/mol. The summed E-state index contributed by atoms with van der Waals surface area (Å²) in [4.78, 5) is 12.2. The Hall–Kier alpha value is -1.95. The summed E-state index contributed by atoms with van der Waals surface area (Å²) in [6.45, 7) is -1.01. The van der Waals surface area contributed by atoms with Gasteiger partial charge >= 0.3 is 6.61 Å². The van der Waals surface area contributed by atoms with E-state index in [0.29, 0.717) is 5.56 Å². The highest BCUT2D eigenvalue weighted by Gasteiger charge is 2.14. The van der Waals surface area contributed by atoms with Crippen molar-refractivity contribution < 1.29 is 18.3 Å². The molecule has 1 N–H and O–H groups in total. The standard InChI is InChI=1S/C16H14BrF2NO2/c1-10(13-4-2-3-5-14(13)17)20-15(21)11-6-8-12(9-7-11)22-16(18)19/h2-10,16H,1H3,(H,20,21). The molecule has 116 valence electrons. The first-order chi connectivity index (χ1) is 10.5. The normalized spacial score (nSPS) is 12.0. The highest BCUT2D eigenvalue weighted by Crippen LogP contribution is 2.23. The molecule has 2 aromatic rings. The van der Waals surface area contributed by atoms with Crippen LogP contribution in [0.5, 0.6) is 5.75 Å². The van der Waals surface area contributed by atoms with E-state index < -0.39 is 6.61 Å². The van der Waals surface area contributed by atoms with Crippen LogP contribution in [0, 0.1) is 0 Å². The second-order valence-corrected chi connectivity index (χ2v) is 5.47. The van der Waals surface area contributed by atoms with Gasteiger partial charge in [-0.1, -0.05) is 34.1 Å². The number of hydrogen-bond donors (Lipinski definition) is 1. The molecule has 1 atom stereocenters. The molecule has 1 amide bonds. The molecule has 2 aromatic carbocycles. The first kappa shape index (κ1) is 16.4. The lowest BCUT2D eigenvalue weighted by atomic mass is 10.1. The second kappa shape index (κ2) is 7.35. The van der Waals surface area contributed by atoms with Gasteiger partial charge in [0.1, 0.15) is 5.75 Å². The molecule has 0 aliphatic carbocycles. The molecule has 0 aromatic heterocycles. The van der Waals surface area contributed by atoms with Crippen LogP contribution in [0.4, 0.5) is 8.78 Å². The summed E-state index contributed by atoms with van der Waals surface area (Å²) >= 11 is 3.44. The Bertz CT molecular complexity index is 647. The second-order valence-electron chi connectivity index (χ2n) is 4.62. The Kier molecular flexibility index (Phi) is 5.49. The van der Waals surface area contributed by atoms with Crippen molar-refractivity contribution >= 4 is 21.8 Å². The third-order valence-corrected chi connectivity index (χ3v) is 3.78. The van der Waals surface area contributed by atoms with E-state index in [1.54, 1.807) is 0 Å². The van der Waals surface area contributed by atoms with E-state index in [2.05, 4.69) is 26.0 Å². The van der Waals surface area contributed by atoms with Gasteiger partial charge in [-0.15, -0.1) is 0 Å². The van der Waals surface area contributed by atoms with Crippen LogP contribution < -0.4 is 10.1 Å². The van der Waals surface area contributed by atoms with Gasteiger partial charge in [-0.05, 0) is 42.8 Å². The van der Waals surface area contributed by atoms with Crippen molar-refractivity contribution in [1.29, 1.82) is 0 Å². The molecular formula is C16H14BrF2NO2. The van der Waals surface area contributed by atoms with E-state index in [0.717, 1.165) is 10.0 Å². The number of hydrogen-bond acceptors (Lipinski definition) is 2. The molecule has 3 nitrogen and oxygen atoms in total. The van der Waals surface area contributed by atoms with E-state index >= 15 is 0 Å². The molecule has 0 radical (unpaired) electrons. The summed E-state index contributed by atoms with van der Waals surface area (Å²) in [6.07, 6.45) is 0. The summed E-state index contributed by atoms with van der Waals surface area (Å²) in [5.41, 5.74) is 1.33. The van der Waals surface area contributed by atoms with E-state index in [9.17, 15) is 13.6 Å². The zero-order valence-electron chi connectivity index (χ0n) is 11.7. The zero-order chi connectivity index (χ0) is 16.1. The van der Waals surface area contributed by atoms with Crippen molar-refractivity contribution in [2.24, 2.45) is 0 Å². The first-order valence-corrected chi connectivity index (χ1v) is 7.37.